The second kappa shape index (κ2) is 6.86. The van der Waals surface area contributed by atoms with Crippen molar-refractivity contribution >= 4 is 17.8 Å². The van der Waals surface area contributed by atoms with Gasteiger partial charge in [0.05, 0.1) is 0 Å². The highest BCUT2D eigenvalue weighted by Gasteiger charge is 2.45. The first-order chi connectivity index (χ1) is 11.9. The highest BCUT2D eigenvalue weighted by molar-refractivity contribution is 5.98. The van der Waals surface area contributed by atoms with E-state index in [1.165, 1.54) is 16.0 Å². The molecule has 0 radical (unpaired) electrons. The first-order valence-electron chi connectivity index (χ1n) is 8.76. The zero-order chi connectivity index (χ0) is 18.1. The number of hydrogen-bond acceptors (Lipinski definition) is 3. The van der Waals surface area contributed by atoms with Crippen LogP contribution in [0, 0.1) is 11.8 Å². The van der Waals surface area contributed by atoms with Crippen molar-refractivity contribution < 1.29 is 19.5 Å². The number of benzene rings is 1. The summed E-state index contributed by atoms with van der Waals surface area (Å²) in [5.74, 6) is -1.44. The Morgan fingerprint density at radius 2 is 1.84 bits per heavy atom. The van der Waals surface area contributed by atoms with Crippen LogP contribution in [0.4, 0.5) is 0 Å². The van der Waals surface area contributed by atoms with Crippen LogP contribution in [0.3, 0.4) is 0 Å². The number of carbonyl (C=O) groups is 3. The molecule has 6 nitrogen and oxygen atoms in total. The van der Waals surface area contributed by atoms with Gasteiger partial charge >= 0.3 is 5.97 Å². The lowest BCUT2D eigenvalue weighted by Gasteiger charge is -2.40. The summed E-state index contributed by atoms with van der Waals surface area (Å²) in [7, 11) is 0. The molecule has 1 aliphatic heterocycles. The summed E-state index contributed by atoms with van der Waals surface area (Å²) in [6, 6.07) is 6.67. The fraction of sp³-hybridized carbons (Fsp3) is 0.526. The average molecular weight is 344 g/mol. The average Bonchev–Trinajstić information content (AvgIpc) is 2.97. The third-order valence-corrected chi connectivity index (χ3v) is 5.08. The molecule has 1 heterocycles. The maximum Gasteiger partial charge on any atom is 0.323 e. The fourth-order valence-electron chi connectivity index (χ4n) is 3.95. The molecule has 1 aromatic carbocycles. The summed E-state index contributed by atoms with van der Waals surface area (Å²) in [4.78, 5) is 38.1. The molecule has 0 spiro atoms. The zero-order valence-corrected chi connectivity index (χ0v) is 14.6. The highest BCUT2D eigenvalue weighted by Crippen LogP contribution is 2.31. The van der Waals surface area contributed by atoms with Gasteiger partial charge in [-0.3, -0.25) is 14.4 Å². The van der Waals surface area contributed by atoms with Crippen LogP contribution >= 0.6 is 0 Å². The molecule has 0 aromatic heterocycles. The molecule has 2 atom stereocenters. The molecule has 3 rings (SSSR count). The van der Waals surface area contributed by atoms with Crippen molar-refractivity contribution in [3.63, 3.8) is 0 Å². The summed E-state index contributed by atoms with van der Waals surface area (Å²) in [5.41, 5.74) is 2.40. The highest BCUT2D eigenvalue weighted by atomic mass is 16.4. The SMILES string of the molecule is CC(C)C[C@@H]1C(=O)N[C@H](C2Cc3ccccc3C2)C(=O)N1CC(=O)O. The van der Waals surface area contributed by atoms with Crippen molar-refractivity contribution in [3.8, 4) is 0 Å². The first-order valence-corrected chi connectivity index (χ1v) is 8.76. The summed E-state index contributed by atoms with van der Waals surface area (Å²) in [5, 5.41) is 12.1. The van der Waals surface area contributed by atoms with Gasteiger partial charge in [-0.05, 0) is 42.2 Å². The van der Waals surface area contributed by atoms with E-state index in [9.17, 15) is 19.5 Å². The number of aliphatic carboxylic acids is 1. The number of piperazine rings is 1. The molecule has 134 valence electrons. The topological polar surface area (TPSA) is 86.7 Å². The van der Waals surface area contributed by atoms with Crippen LogP contribution in [0.15, 0.2) is 24.3 Å². The summed E-state index contributed by atoms with van der Waals surface area (Å²) >= 11 is 0. The van der Waals surface area contributed by atoms with E-state index in [1.54, 1.807) is 0 Å². The smallest absolute Gasteiger partial charge is 0.323 e. The van der Waals surface area contributed by atoms with Crippen LogP contribution in [0.2, 0.25) is 0 Å². The van der Waals surface area contributed by atoms with Crippen LogP contribution in [-0.2, 0) is 27.2 Å². The van der Waals surface area contributed by atoms with Crippen molar-refractivity contribution in [1.82, 2.24) is 10.2 Å². The van der Waals surface area contributed by atoms with Gasteiger partial charge in [0.2, 0.25) is 11.8 Å². The second-order valence-corrected chi connectivity index (χ2v) is 7.43. The Kier molecular flexibility index (Phi) is 4.79. The van der Waals surface area contributed by atoms with Gasteiger partial charge in [0, 0.05) is 0 Å². The molecular weight excluding hydrogens is 320 g/mol. The lowest BCUT2D eigenvalue weighted by Crippen LogP contribution is -2.66. The third-order valence-electron chi connectivity index (χ3n) is 5.08. The van der Waals surface area contributed by atoms with Gasteiger partial charge in [0.1, 0.15) is 18.6 Å². The Labute approximate surface area is 147 Å². The van der Waals surface area contributed by atoms with Crippen molar-refractivity contribution in [3.05, 3.63) is 35.4 Å². The number of carbonyl (C=O) groups excluding carboxylic acids is 2. The van der Waals surface area contributed by atoms with E-state index < -0.39 is 24.6 Å². The molecule has 1 fully saturated rings. The molecule has 6 heteroatoms. The monoisotopic (exact) mass is 344 g/mol. The Bertz CT molecular complexity index is 675. The standard InChI is InChI=1S/C19H24N2O4/c1-11(2)7-15-18(24)20-17(19(25)21(15)10-16(22)23)14-8-12-5-3-4-6-13(12)9-14/h3-6,11,14-15,17H,7-10H2,1-2H3,(H,20,24)(H,22,23)/t15-,17-/m1/s1. The van der Waals surface area contributed by atoms with Crippen molar-refractivity contribution in [2.24, 2.45) is 11.8 Å². The largest absolute Gasteiger partial charge is 0.480 e. The normalized spacial score (nSPS) is 23.7. The number of fused-ring (bicyclic) bond motifs is 1. The number of carboxylic acids is 1. The van der Waals surface area contributed by atoms with E-state index in [0.717, 1.165) is 12.8 Å². The predicted molar refractivity (Wildman–Crippen MR) is 91.9 cm³/mol. The first kappa shape index (κ1) is 17.5. The summed E-state index contributed by atoms with van der Waals surface area (Å²) < 4.78 is 0. The van der Waals surface area contributed by atoms with Gasteiger partial charge in [-0.1, -0.05) is 38.1 Å². The van der Waals surface area contributed by atoms with Crippen molar-refractivity contribution in [2.75, 3.05) is 6.54 Å². The quantitative estimate of drug-likeness (QED) is 0.841. The summed E-state index contributed by atoms with van der Waals surface area (Å²) in [6.07, 6.45) is 1.91. The van der Waals surface area contributed by atoms with Gasteiger partial charge in [-0.2, -0.15) is 0 Å². The molecule has 25 heavy (non-hydrogen) atoms. The Balaban J connectivity index is 1.82. The number of hydrogen-bond donors (Lipinski definition) is 2. The van der Waals surface area contributed by atoms with E-state index in [0.29, 0.717) is 6.42 Å². The van der Waals surface area contributed by atoms with Gasteiger partial charge in [0.15, 0.2) is 0 Å². The number of amides is 2. The van der Waals surface area contributed by atoms with E-state index >= 15 is 0 Å². The van der Waals surface area contributed by atoms with E-state index in [1.807, 2.05) is 38.1 Å². The van der Waals surface area contributed by atoms with E-state index in [2.05, 4.69) is 5.32 Å². The van der Waals surface area contributed by atoms with Crippen molar-refractivity contribution in [1.29, 1.82) is 0 Å². The lowest BCUT2D eigenvalue weighted by molar-refractivity contribution is -0.156. The lowest BCUT2D eigenvalue weighted by atomic mass is 9.90. The minimum atomic E-state index is -1.09. The fourth-order valence-corrected chi connectivity index (χ4v) is 3.95. The van der Waals surface area contributed by atoms with E-state index in [4.69, 9.17) is 0 Å². The van der Waals surface area contributed by atoms with Crippen LogP contribution in [-0.4, -0.2) is 46.4 Å². The molecule has 0 unspecified atom stereocenters. The molecule has 1 saturated heterocycles. The molecule has 1 aromatic rings. The van der Waals surface area contributed by atoms with Crippen LogP contribution in [0.1, 0.15) is 31.4 Å². The Morgan fingerprint density at radius 1 is 1.24 bits per heavy atom. The molecule has 2 N–H and O–H groups in total. The maximum atomic E-state index is 13.0. The summed E-state index contributed by atoms with van der Waals surface area (Å²) in [6.45, 7) is 3.48. The minimum Gasteiger partial charge on any atom is -0.480 e. The molecule has 2 aliphatic rings. The molecule has 0 saturated carbocycles. The minimum absolute atomic E-state index is 0.0230. The van der Waals surface area contributed by atoms with E-state index in [-0.39, 0.29) is 23.7 Å². The van der Waals surface area contributed by atoms with Gasteiger partial charge in [-0.15, -0.1) is 0 Å². The third kappa shape index (κ3) is 3.52. The van der Waals surface area contributed by atoms with Gasteiger partial charge in [0.25, 0.3) is 0 Å². The Morgan fingerprint density at radius 3 is 2.36 bits per heavy atom. The van der Waals surface area contributed by atoms with Gasteiger partial charge in [-0.25, -0.2) is 0 Å². The predicted octanol–water partition coefficient (Wildman–Crippen LogP) is 1.23. The molecular formula is C19H24N2O4. The number of nitrogens with one attached hydrogen (secondary N) is 1. The van der Waals surface area contributed by atoms with Crippen LogP contribution in [0.25, 0.3) is 0 Å². The van der Waals surface area contributed by atoms with Crippen molar-refractivity contribution in [2.45, 2.75) is 45.2 Å². The van der Waals surface area contributed by atoms with Crippen LogP contribution in [0.5, 0.6) is 0 Å². The number of nitrogens with zero attached hydrogens (tertiary/aromatic N) is 1. The number of rotatable bonds is 5. The van der Waals surface area contributed by atoms with Gasteiger partial charge < -0.3 is 15.3 Å². The second-order valence-electron chi connectivity index (χ2n) is 7.43. The zero-order valence-electron chi connectivity index (χ0n) is 14.6. The Hall–Kier alpha value is -2.37. The van der Waals surface area contributed by atoms with Crippen LogP contribution < -0.4 is 5.32 Å². The molecule has 2 amide bonds. The molecule has 0 bridgehead atoms. The maximum absolute atomic E-state index is 13.0. The number of carboxylic acid groups (broad SMARTS) is 1. The molecule has 1 aliphatic carbocycles.